The normalized spacial score (nSPS) is 12.5. The topological polar surface area (TPSA) is 81.1 Å². The smallest absolute Gasteiger partial charge is 0.240 e. The molecule has 4 heteroatoms. The largest absolute Gasteiger partial charge is 0.399 e. The van der Waals surface area contributed by atoms with Crippen molar-refractivity contribution in [3.05, 3.63) is 24.3 Å². The first-order valence-corrected chi connectivity index (χ1v) is 4.92. The first-order chi connectivity index (χ1) is 7.00. The highest BCUT2D eigenvalue weighted by molar-refractivity contribution is 5.83. The number of nitrogens with two attached hydrogens (primary N) is 2. The Balaban J connectivity index is 2.74. The molecule has 0 saturated carbocycles. The number of anilines is 2. The van der Waals surface area contributed by atoms with Crippen molar-refractivity contribution >= 4 is 17.3 Å². The molecule has 1 rings (SSSR count). The lowest BCUT2D eigenvalue weighted by Gasteiger charge is -2.20. The Morgan fingerprint density at radius 1 is 1.27 bits per heavy atom. The third-order valence-corrected chi connectivity index (χ3v) is 2.21. The molecule has 0 aliphatic carbocycles. The molecule has 1 aromatic carbocycles. The highest BCUT2D eigenvalue weighted by Gasteiger charge is 2.18. The van der Waals surface area contributed by atoms with E-state index in [1.807, 2.05) is 26.0 Å². The number of amides is 1. The van der Waals surface area contributed by atoms with Crippen LogP contribution < -0.4 is 16.8 Å². The van der Waals surface area contributed by atoms with Crippen LogP contribution in [0, 0.1) is 5.92 Å². The summed E-state index contributed by atoms with van der Waals surface area (Å²) in [5.74, 6) is -0.193. The fourth-order valence-electron chi connectivity index (χ4n) is 1.33. The highest BCUT2D eigenvalue weighted by Crippen LogP contribution is 2.14. The number of hydrogen-bond donors (Lipinski definition) is 3. The fraction of sp³-hybridized carbons (Fsp3) is 0.364. The van der Waals surface area contributed by atoms with Crippen LogP contribution in [0.4, 0.5) is 11.4 Å². The van der Waals surface area contributed by atoms with Crippen molar-refractivity contribution in [2.45, 2.75) is 19.9 Å². The number of rotatable bonds is 4. The van der Waals surface area contributed by atoms with Gasteiger partial charge in [-0.05, 0) is 30.2 Å². The minimum absolute atomic E-state index is 0.153. The average molecular weight is 207 g/mol. The van der Waals surface area contributed by atoms with Crippen molar-refractivity contribution in [2.75, 3.05) is 11.1 Å². The lowest BCUT2D eigenvalue weighted by Crippen LogP contribution is -2.39. The van der Waals surface area contributed by atoms with E-state index in [0.29, 0.717) is 5.69 Å². The van der Waals surface area contributed by atoms with Crippen LogP contribution in [0.3, 0.4) is 0 Å². The molecule has 1 aromatic rings. The number of hydrogen-bond acceptors (Lipinski definition) is 3. The third-order valence-electron chi connectivity index (χ3n) is 2.21. The minimum Gasteiger partial charge on any atom is -0.399 e. The molecule has 0 fully saturated rings. The van der Waals surface area contributed by atoms with Gasteiger partial charge in [-0.3, -0.25) is 4.79 Å². The van der Waals surface area contributed by atoms with Crippen LogP contribution in [-0.2, 0) is 4.79 Å². The summed E-state index contributed by atoms with van der Waals surface area (Å²) in [6.45, 7) is 3.89. The van der Waals surface area contributed by atoms with Gasteiger partial charge in [-0.25, -0.2) is 0 Å². The fourth-order valence-corrected chi connectivity index (χ4v) is 1.33. The van der Waals surface area contributed by atoms with Gasteiger partial charge in [0, 0.05) is 11.4 Å². The van der Waals surface area contributed by atoms with Gasteiger partial charge in [0.2, 0.25) is 5.91 Å². The zero-order chi connectivity index (χ0) is 11.4. The molecular formula is C11H17N3O. The molecule has 0 radical (unpaired) electrons. The van der Waals surface area contributed by atoms with Gasteiger partial charge in [0.1, 0.15) is 6.04 Å². The summed E-state index contributed by atoms with van der Waals surface area (Å²) in [4.78, 5) is 11.1. The van der Waals surface area contributed by atoms with Crippen LogP contribution in [-0.4, -0.2) is 11.9 Å². The Kier molecular flexibility index (Phi) is 3.55. The first-order valence-electron chi connectivity index (χ1n) is 4.92. The average Bonchev–Trinajstić information content (AvgIpc) is 2.15. The molecule has 0 saturated heterocycles. The summed E-state index contributed by atoms with van der Waals surface area (Å²) in [5.41, 5.74) is 12.4. The Labute approximate surface area is 89.6 Å². The molecule has 0 aromatic heterocycles. The molecular weight excluding hydrogens is 190 g/mol. The van der Waals surface area contributed by atoms with Gasteiger partial charge in [-0.2, -0.15) is 0 Å². The van der Waals surface area contributed by atoms with Crippen LogP contribution in [0.25, 0.3) is 0 Å². The van der Waals surface area contributed by atoms with Crippen molar-refractivity contribution in [1.29, 1.82) is 0 Å². The van der Waals surface area contributed by atoms with Crippen LogP contribution in [0.15, 0.2) is 24.3 Å². The van der Waals surface area contributed by atoms with Crippen molar-refractivity contribution in [2.24, 2.45) is 11.7 Å². The molecule has 0 heterocycles. The zero-order valence-corrected chi connectivity index (χ0v) is 9.03. The maximum absolute atomic E-state index is 11.1. The summed E-state index contributed by atoms with van der Waals surface area (Å²) in [6.07, 6.45) is 0. The van der Waals surface area contributed by atoms with E-state index in [9.17, 15) is 4.79 Å². The van der Waals surface area contributed by atoms with E-state index in [2.05, 4.69) is 5.32 Å². The molecule has 1 atom stereocenters. The van der Waals surface area contributed by atoms with Gasteiger partial charge >= 0.3 is 0 Å². The summed E-state index contributed by atoms with van der Waals surface area (Å²) in [6, 6.07) is 6.86. The van der Waals surface area contributed by atoms with Crippen molar-refractivity contribution in [3.63, 3.8) is 0 Å². The van der Waals surface area contributed by atoms with Gasteiger partial charge < -0.3 is 16.8 Å². The molecule has 0 aliphatic heterocycles. The van der Waals surface area contributed by atoms with E-state index in [1.54, 1.807) is 12.1 Å². The van der Waals surface area contributed by atoms with E-state index >= 15 is 0 Å². The summed E-state index contributed by atoms with van der Waals surface area (Å²) in [5, 5.41) is 3.08. The van der Waals surface area contributed by atoms with Gasteiger partial charge in [-0.1, -0.05) is 13.8 Å². The maximum Gasteiger partial charge on any atom is 0.240 e. The number of benzene rings is 1. The van der Waals surface area contributed by atoms with E-state index in [1.165, 1.54) is 0 Å². The van der Waals surface area contributed by atoms with E-state index in [-0.39, 0.29) is 17.9 Å². The van der Waals surface area contributed by atoms with Crippen molar-refractivity contribution < 1.29 is 4.79 Å². The molecule has 0 bridgehead atoms. The predicted octanol–water partition coefficient (Wildman–Crippen LogP) is 1.19. The molecule has 5 N–H and O–H groups in total. The minimum atomic E-state index is -0.353. The Morgan fingerprint density at radius 3 is 2.20 bits per heavy atom. The predicted molar refractivity (Wildman–Crippen MR) is 62.3 cm³/mol. The van der Waals surface area contributed by atoms with Crippen molar-refractivity contribution in [3.8, 4) is 0 Å². The van der Waals surface area contributed by atoms with Crippen LogP contribution in [0.1, 0.15) is 13.8 Å². The van der Waals surface area contributed by atoms with Crippen LogP contribution >= 0.6 is 0 Å². The standard InChI is InChI=1S/C11H17N3O/c1-7(2)10(11(13)15)14-9-5-3-8(12)4-6-9/h3-7,10,14H,12H2,1-2H3,(H2,13,15). The van der Waals surface area contributed by atoms with Crippen LogP contribution in [0.2, 0.25) is 0 Å². The van der Waals surface area contributed by atoms with Crippen molar-refractivity contribution in [1.82, 2.24) is 0 Å². The molecule has 1 amide bonds. The molecule has 15 heavy (non-hydrogen) atoms. The molecule has 1 unspecified atom stereocenters. The van der Waals surface area contributed by atoms with Gasteiger partial charge in [0.05, 0.1) is 0 Å². The summed E-state index contributed by atoms with van der Waals surface area (Å²) in [7, 11) is 0. The molecule has 0 aliphatic rings. The SMILES string of the molecule is CC(C)C(Nc1ccc(N)cc1)C(N)=O. The number of primary amides is 1. The number of carbonyl (C=O) groups is 1. The summed E-state index contributed by atoms with van der Waals surface area (Å²) >= 11 is 0. The highest BCUT2D eigenvalue weighted by atomic mass is 16.1. The second-order valence-corrected chi connectivity index (χ2v) is 3.89. The second-order valence-electron chi connectivity index (χ2n) is 3.89. The van der Waals surface area contributed by atoms with E-state index in [4.69, 9.17) is 11.5 Å². The van der Waals surface area contributed by atoms with E-state index < -0.39 is 0 Å². The molecule has 4 nitrogen and oxygen atoms in total. The monoisotopic (exact) mass is 207 g/mol. The van der Waals surface area contributed by atoms with Gasteiger partial charge in [-0.15, -0.1) is 0 Å². The van der Waals surface area contributed by atoms with Crippen LogP contribution in [0.5, 0.6) is 0 Å². The van der Waals surface area contributed by atoms with E-state index in [0.717, 1.165) is 5.69 Å². The summed E-state index contributed by atoms with van der Waals surface area (Å²) < 4.78 is 0. The Hall–Kier alpha value is -1.71. The van der Waals surface area contributed by atoms with Gasteiger partial charge in [0.25, 0.3) is 0 Å². The molecule has 0 spiro atoms. The Bertz CT molecular complexity index is 332. The quantitative estimate of drug-likeness (QED) is 0.649. The number of nitrogens with one attached hydrogen (secondary N) is 1. The zero-order valence-electron chi connectivity index (χ0n) is 9.03. The first kappa shape index (κ1) is 11.4. The second kappa shape index (κ2) is 4.68. The molecule has 82 valence electrons. The third kappa shape index (κ3) is 3.16. The lowest BCUT2D eigenvalue weighted by molar-refractivity contribution is -0.119. The number of carbonyl (C=O) groups excluding carboxylic acids is 1. The lowest BCUT2D eigenvalue weighted by atomic mass is 10.0. The Morgan fingerprint density at radius 2 is 1.80 bits per heavy atom. The number of nitrogen functional groups attached to an aromatic ring is 1. The van der Waals surface area contributed by atoms with Gasteiger partial charge in [0.15, 0.2) is 0 Å². The maximum atomic E-state index is 11.1.